The highest BCUT2D eigenvalue weighted by molar-refractivity contribution is 6.31. The molecule has 1 fully saturated rings. The Bertz CT molecular complexity index is 1240. The Hall–Kier alpha value is -2.87. The first-order chi connectivity index (χ1) is 13.8. The summed E-state index contributed by atoms with van der Waals surface area (Å²) in [7, 11) is 0. The third-order valence-corrected chi connectivity index (χ3v) is 5.51. The van der Waals surface area contributed by atoms with Crippen molar-refractivity contribution in [3.63, 3.8) is 0 Å². The zero-order valence-corrected chi connectivity index (χ0v) is 16.0. The van der Waals surface area contributed by atoms with Crippen LogP contribution in [0.5, 0.6) is 0 Å². The summed E-state index contributed by atoms with van der Waals surface area (Å²) in [6.07, 6.45) is 2.73. The Labute approximate surface area is 168 Å². The molecule has 0 radical (unpaired) electrons. The predicted molar refractivity (Wildman–Crippen MR) is 103 cm³/mol. The van der Waals surface area contributed by atoms with Gasteiger partial charge in [0.05, 0.1) is 34.6 Å². The van der Waals surface area contributed by atoms with Crippen molar-refractivity contribution in [2.75, 3.05) is 0 Å². The summed E-state index contributed by atoms with van der Waals surface area (Å²) in [6.45, 7) is 1.88. The molecule has 0 spiro atoms. The summed E-state index contributed by atoms with van der Waals surface area (Å²) in [6, 6.07) is 7.49. The number of aromatic nitrogens is 5. The molecule has 0 saturated heterocycles. The highest BCUT2D eigenvalue weighted by Gasteiger charge is 2.47. The molecule has 0 N–H and O–H groups in total. The Morgan fingerprint density at radius 1 is 1.14 bits per heavy atom. The molecule has 1 aromatic carbocycles. The largest absolute Gasteiger partial charge is 0.325 e. The van der Waals surface area contributed by atoms with Gasteiger partial charge in [-0.05, 0) is 37.3 Å². The topological polar surface area (TPSA) is 48.0 Å². The Morgan fingerprint density at radius 3 is 2.66 bits per heavy atom. The summed E-state index contributed by atoms with van der Waals surface area (Å²) >= 11 is 5.95. The van der Waals surface area contributed by atoms with E-state index in [1.165, 1.54) is 18.5 Å². The quantitative estimate of drug-likeness (QED) is 0.452. The molecule has 29 heavy (non-hydrogen) atoms. The van der Waals surface area contributed by atoms with Crippen LogP contribution in [-0.4, -0.2) is 30.1 Å². The van der Waals surface area contributed by atoms with E-state index in [0.29, 0.717) is 28.3 Å². The van der Waals surface area contributed by atoms with Crippen molar-refractivity contribution in [1.82, 2.24) is 24.1 Å². The molecule has 1 saturated carbocycles. The van der Waals surface area contributed by atoms with Gasteiger partial charge in [0.1, 0.15) is 11.5 Å². The van der Waals surface area contributed by atoms with E-state index in [1.807, 2.05) is 13.0 Å². The number of fused-ring (bicyclic) bond motifs is 1. The van der Waals surface area contributed by atoms with E-state index in [1.54, 1.807) is 27.4 Å². The zero-order chi connectivity index (χ0) is 20.3. The molecule has 3 aromatic heterocycles. The molecule has 1 aliphatic rings. The lowest BCUT2D eigenvalue weighted by Gasteiger charge is -2.36. The number of benzene rings is 1. The maximum atomic E-state index is 13.6. The van der Waals surface area contributed by atoms with Crippen molar-refractivity contribution < 1.29 is 13.2 Å². The SMILES string of the molecule is Cc1cnc2ccc(-c3c(-c4ccc(F)c(Cl)c4)ncn3C3CC(F)(F)C3)nn12. The lowest BCUT2D eigenvalue weighted by Crippen LogP contribution is -2.37. The summed E-state index contributed by atoms with van der Waals surface area (Å²) in [5.74, 6) is -3.22. The van der Waals surface area contributed by atoms with Crippen molar-refractivity contribution in [2.24, 2.45) is 0 Å². The molecule has 5 nitrogen and oxygen atoms in total. The summed E-state index contributed by atoms with van der Waals surface area (Å²) in [4.78, 5) is 8.71. The zero-order valence-electron chi connectivity index (χ0n) is 15.3. The molecular weight excluding hydrogens is 403 g/mol. The second-order valence-corrected chi connectivity index (χ2v) is 7.69. The number of alkyl halides is 2. The minimum absolute atomic E-state index is 0.0351. The molecule has 9 heteroatoms. The van der Waals surface area contributed by atoms with Crippen molar-refractivity contribution in [2.45, 2.75) is 31.7 Å². The molecular formula is C20H15ClF3N5. The van der Waals surface area contributed by atoms with Crippen LogP contribution in [0, 0.1) is 12.7 Å². The smallest absolute Gasteiger partial charge is 0.252 e. The molecule has 0 aliphatic heterocycles. The summed E-state index contributed by atoms with van der Waals surface area (Å²) in [5, 5.41) is 4.60. The molecule has 5 rings (SSSR count). The van der Waals surface area contributed by atoms with Crippen LogP contribution in [0.4, 0.5) is 13.2 Å². The van der Waals surface area contributed by atoms with Crippen molar-refractivity contribution >= 4 is 17.2 Å². The summed E-state index contributed by atoms with van der Waals surface area (Å²) < 4.78 is 44.1. The van der Waals surface area contributed by atoms with E-state index in [0.717, 1.165) is 5.69 Å². The monoisotopic (exact) mass is 417 g/mol. The fourth-order valence-electron chi connectivity index (χ4n) is 3.69. The van der Waals surface area contributed by atoms with E-state index in [2.05, 4.69) is 15.1 Å². The van der Waals surface area contributed by atoms with E-state index in [9.17, 15) is 13.2 Å². The number of hydrogen-bond acceptors (Lipinski definition) is 3. The van der Waals surface area contributed by atoms with Crippen LogP contribution in [0.25, 0.3) is 28.3 Å². The number of hydrogen-bond donors (Lipinski definition) is 0. The molecule has 0 bridgehead atoms. The number of nitrogens with zero attached hydrogens (tertiary/aromatic N) is 5. The number of halogens is 4. The van der Waals surface area contributed by atoms with Crippen LogP contribution in [0.15, 0.2) is 42.9 Å². The third kappa shape index (κ3) is 2.98. The molecule has 0 atom stereocenters. The van der Waals surface area contributed by atoms with Gasteiger partial charge in [0.2, 0.25) is 0 Å². The van der Waals surface area contributed by atoms with Gasteiger partial charge >= 0.3 is 0 Å². The van der Waals surface area contributed by atoms with Crippen LogP contribution in [0.2, 0.25) is 5.02 Å². The lowest BCUT2D eigenvalue weighted by molar-refractivity contribution is -0.103. The van der Waals surface area contributed by atoms with E-state index >= 15 is 0 Å². The number of imidazole rings is 2. The van der Waals surface area contributed by atoms with Crippen molar-refractivity contribution in [1.29, 1.82) is 0 Å². The standard InChI is InChI=1S/C20H15ClF3N5/c1-11-9-25-17-5-4-16(27-29(11)17)19-18(12-2-3-15(22)14(21)6-12)26-10-28(19)13-7-20(23,24)8-13/h2-6,9-10,13H,7-8H2,1H3. The maximum Gasteiger partial charge on any atom is 0.252 e. The molecule has 1 aliphatic carbocycles. The van der Waals surface area contributed by atoms with Crippen LogP contribution in [0.3, 0.4) is 0 Å². The normalized spacial score (nSPS) is 16.3. The van der Waals surface area contributed by atoms with Crippen LogP contribution >= 0.6 is 11.6 Å². The highest BCUT2D eigenvalue weighted by Crippen LogP contribution is 2.48. The highest BCUT2D eigenvalue weighted by atomic mass is 35.5. The van der Waals surface area contributed by atoms with Gasteiger partial charge in [-0.15, -0.1) is 0 Å². The van der Waals surface area contributed by atoms with Gasteiger partial charge in [0.25, 0.3) is 5.92 Å². The van der Waals surface area contributed by atoms with Gasteiger partial charge in [-0.2, -0.15) is 5.10 Å². The van der Waals surface area contributed by atoms with E-state index in [-0.39, 0.29) is 17.9 Å². The molecule has 3 heterocycles. The van der Waals surface area contributed by atoms with Crippen molar-refractivity contribution in [3.8, 4) is 22.6 Å². The second-order valence-electron chi connectivity index (χ2n) is 7.28. The first-order valence-electron chi connectivity index (χ1n) is 9.04. The minimum Gasteiger partial charge on any atom is -0.325 e. The van der Waals surface area contributed by atoms with E-state index in [4.69, 9.17) is 11.6 Å². The van der Waals surface area contributed by atoms with Crippen LogP contribution in [0.1, 0.15) is 24.6 Å². The fourth-order valence-corrected chi connectivity index (χ4v) is 3.87. The Morgan fingerprint density at radius 2 is 1.93 bits per heavy atom. The predicted octanol–water partition coefficient (Wildman–Crippen LogP) is 5.33. The second kappa shape index (κ2) is 6.32. The lowest BCUT2D eigenvalue weighted by atomic mass is 9.87. The van der Waals surface area contributed by atoms with Gasteiger partial charge in [-0.3, -0.25) is 0 Å². The molecule has 0 unspecified atom stereocenters. The summed E-state index contributed by atoms with van der Waals surface area (Å²) in [5.41, 5.74) is 3.76. The number of rotatable bonds is 3. The third-order valence-electron chi connectivity index (χ3n) is 5.22. The van der Waals surface area contributed by atoms with Crippen LogP contribution < -0.4 is 0 Å². The van der Waals surface area contributed by atoms with Crippen LogP contribution in [-0.2, 0) is 0 Å². The average Bonchev–Trinajstić information content (AvgIpc) is 3.26. The average molecular weight is 418 g/mol. The Kier molecular flexibility index (Phi) is 3.96. The minimum atomic E-state index is -2.68. The number of aryl methyl sites for hydroxylation is 1. The van der Waals surface area contributed by atoms with Gasteiger partial charge in [0.15, 0.2) is 5.65 Å². The molecule has 4 aromatic rings. The fraction of sp³-hybridized carbons (Fsp3) is 0.250. The van der Waals surface area contributed by atoms with E-state index < -0.39 is 17.8 Å². The van der Waals surface area contributed by atoms with Crippen molar-refractivity contribution in [3.05, 3.63) is 59.4 Å². The van der Waals surface area contributed by atoms with Gasteiger partial charge in [-0.1, -0.05) is 11.6 Å². The van der Waals surface area contributed by atoms with Gasteiger partial charge < -0.3 is 4.57 Å². The first kappa shape index (κ1) is 18.2. The Balaban J connectivity index is 1.70. The first-order valence-corrected chi connectivity index (χ1v) is 9.42. The van der Waals surface area contributed by atoms with Gasteiger partial charge in [0, 0.05) is 24.4 Å². The van der Waals surface area contributed by atoms with Gasteiger partial charge in [-0.25, -0.2) is 27.7 Å². The maximum absolute atomic E-state index is 13.6. The molecule has 0 amide bonds. The molecule has 148 valence electrons.